The third kappa shape index (κ3) is 3.83. The number of aliphatic carboxylic acids is 3. The second-order valence-corrected chi connectivity index (χ2v) is 7.49. The number of carbonyl (C=O) groups is 3. The maximum Gasteiger partial charge on any atom is 0.328 e. The van der Waals surface area contributed by atoms with Gasteiger partial charge in [0.15, 0.2) is 0 Å². The van der Waals surface area contributed by atoms with E-state index in [9.17, 15) is 24.6 Å². The highest BCUT2D eigenvalue weighted by molar-refractivity contribution is 6.04. The van der Waals surface area contributed by atoms with Crippen molar-refractivity contribution < 1.29 is 29.7 Å². The summed E-state index contributed by atoms with van der Waals surface area (Å²) < 4.78 is 0. The van der Waals surface area contributed by atoms with Gasteiger partial charge in [-0.05, 0) is 50.5 Å². The largest absolute Gasteiger partial charge is 0.480 e. The van der Waals surface area contributed by atoms with Crippen molar-refractivity contribution in [1.82, 2.24) is 4.90 Å². The fraction of sp³-hybridized carbons (Fsp3) is 0.667. The van der Waals surface area contributed by atoms with E-state index in [1.807, 2.05) is 4.90 Å². The second kappa shape index (κ2) is 7.67. The molecule has 0 aromatic heterocycles. The zero-order valence-corrected chi connectivity index (χ0v) is 15.0. The summed E-state index contributed by atoms with van der Waals surface area (Å²) in [6.45, 7) is 0. The van der Waals surface area contributed by atoms with Gasteiger partial charge < -0.3 is 26.0 Å². The lowest BCUT2D eigenvalue weighted by molar-refractivity contribution is -0.145. The third-order valence-corrected chi connectivity index (χ3v) is 5.83. The fourth-order valence-corrected chi connectivity index (χ4v) is 4.45. The molecule has 0 spiro atoms. The van der Waals surface area contributed by atoms with Gasteiger partial charge in [-0.15, -0.1) is 0 Å². The summed E-state index contributed by atoms with van der Waals surface area (Å²) >= 11 is 0. The first-order valence-corrected chi connectivity index (χ1v) is 9.29. The molecule has 0 saturated carbocycles. The van der Waals surface area contributed by atoms with E-state index in [2.05, 4.69) is 4.99 Å². The molecule has 1 fully saturated rings. The van der Waals surface area contributed by atoms with Crippen LogP contribution in [0.25, 0.3) is 0 Å². The molecule has 27 heavy (non-hydrogen) atoms. The number of nitrogens with two attached hydrogens (primary N) is 1. The lowest BCUT2D eigenvalue weighted by Gasteiger charge is -2.49. The Labute approximate surface area is 156 Å². The summed E-state index contributed by atoms with van der Waals surface area (Å²) in [6.07, 6.45) is 5.52. The molecule has 0 bridgehead atoms. The van der Waals surface area contributed by atoms with E-state index in [1.165, 1.54) is 0 Å². The number of allylic oxidation sites excluding steroid dienone is 1. The van der Waals surface area contributed by atoms with Crippen molar-refractivity contribution in [2.75, 3.05) is 0 Å². The summed E-state index contributed by atoms with van der Waals surface area (Å²) in [5, 5.41) is 27.9. The van der Waals surface area contributed by atoms with Crippen LogP contribution in [-0.2, 0) is 14.4 Å². The van der Waals surface area contributed by atoms with Crippen LogP contribution in [0.5, 0.6) is 0 Å². The van der Waals surface area contributed by atoms with Gasteiger partial charge in [-0.25, -0.2) is 9.59 Å². The van der Waals surface area contributed by atoms with Crippen molar-refractivity contribution in [2.24, 2.45) is 16.6 Å². The smallest absolute Gasteiger partial charge is 0.328 e. The molecular weight excluding hydrogens is 354 g/mol. The number of aliphatic imine (C=N–C) groups is 1. The average Bonchev–Trinajstić information content (AvgIpc) is 2.64. The summed E-state index contributed by atoms with van der Waals surface area (Å²) in [5.74, 6) is -2.98. The van der Waals surface area contributed by atoms with Crippen LogP contribution in [0, 0.1) is 5.92 Å². The Morgan fingerprint density at radius 1 is 1.15 bits per heavy atom. The predicted octanol–water partition coefficient (Wildman–Crippen LogP) is 0.688. The van der Waals surface area contributed by atoms with Crippen LogP contribution in [0.4, 0.5) is 0 Å². The van der Waals surface area contributed by atoms with Crippen LogP contribution in [0.3, 0.4) is 0 Å². The normalized spacial score (nSPS) is 31.1. The number of nitrogens with zero attached hydrogens (tertiary/aromatic N) is 2. The number of carboxylic acids is 3. The second-order valence-electron chi connectivity index (χ2n) is 7.49. The SMILES string of the molecule is N[C@@H](CCC1=CN2[C@H](C(=O)O)CCC[C@H]2[C@@H]2CC[C@@H](C(=O)O)N=C12)C(=O)O. The molecule has 3 aliphatic heterocycles. The van der Waals surface area contributed by atoms with Crippen LogP contribution >= 0.6 is 0 Å². The van der Waals surface area contributed by atoms with E-state index in [-0.39, 0.29) is 18.4 Å². The quantitative estimate of drug-likeness (QED) is 0.525. The van der Waals surface area contributed by atoms with Crippen LogP contribution in [0.1, 0.15) is 44.9 Å². The summed E-state index contributed by atoms with van der Waals surface area (Å²) in [7, 11) is 0. The van der Waals surface area contributed by atoms with Crippen molar-refractivity contribution in [3.8, 4) is 0 Å². The van der Waals surface area contributed by atoms with Gasteiger partial charge in [0.1, 0.15) is 18.1 Å². The first-order chi connectivity index (χ1) is 12.8. The summed E-state index contributed by atoms with van der Waals surface area (Å²) in [6, 6.07) is -2.47. The number of hydrogen-bond acceptors (Lipinski definition) is 6. The highest BCUT2D eigenvalue weighted by atomic mass is 16.4. The Balaban J connectivity index is 1.95. The van der Waals surface area contributed by atoms with Crippen molar-refractivity contribution in [2.45, 2.75) is 69.1 Å². The van der Waals surface area contributed by atoms with Gasteiger partial charge in [0, 0.05) is 23.9 Å². The number of hydrogen-bond donors (Lipinski definition) is 4. The van der Waals surface area contributed by atoms with Crippen molar-refractivity contribution in [3.05, 3.63) is 11.8 Å². The lowest BCUT2D eigenvalue weighted by atomic mass is 9.74. The van der Waals surface area contributed by atoms with E-state index in [0.717, 1.165) is 12.8 Å². The van der Waals surface area contributed by atoms with Gasteiger partial charge in [-0.1, -0.05) is 0 Å². The minimum atomic E-state index is -1.10. The fourth-order valence-electron chi connectivity index (χ4n) is 4.45. The van der Waals surface area contributed by atoms with Crippen LogP contribution in [0.2, 0.25) is 0 Å². The molecule has 1 saturated heterocycles. The summed E-state index contributed by atoms with van der Waals surface area (Å²) in [5.41, 5.74) is 7.02. The molecule has 3 aliphatic rings. The van der Waals surface area contributed by atoms with Gasteiger partial charge in [0.25, 0.3) is 0 Å². The number of piperidine rings is 1. The molecule has 3 rings (SSSR count). The highest BCUT2D eigenvalue weighted by Crippen LogP contribution is 2.40. The number of fused-ring (bicyclic) bond motifs is 3. The number of rotatable bonds is 6. The Hall–Kier alpha value is -2.42. The Morgan fingerprint density at radius 3 is 2.52 bits per heavy atom. The van der Waals surface area contributed by atoms with E-state index in [0.29, 0.717) is 37.0 Å². The van der Waals surface area contributed by atoms with E-state index < -0.39 is 36.0 Å². The first-order valence-electron chi connectivity index (χ1n) is 9.29. The maximum atomic E-state index is 11.7. The molecule has 0 aromatic carbocycles. The first kappa shape index (κ1) is 19.3. The Kier molecular flexibility index (Phi) is 5.50. The molecule has 0 radical (unpaired) electrons. The minimum absolute atomic E-state index is 0.00904. The molecule has 5 N–H and O–H groups in total. The molecule has 0 unspecified atom stereocenters. The highest BCUT2D eigenvalue weighted by Gasteiger charge is 2.44. The van der Waals surface area contributed by atoms with Gasteiger partial charge in [0.2, 0.25) is 0 Å². The van der Waals surface area contributed by atoms with E-state index >= 15 is 0 Å². The zero-order valence-electron chi connectivity index (χ0n) is 15.0. The van der Waals surface area contributed by atoms with E-state index in [1.54, 1.807) is 6.20 Å². The van der Waals surface area contributed by atoms with Crippen molar-refractivity contribution in [3.63, 3.8) is 0 Å². The predicted molar refractivity (Wildman–Crippen MR) is 95.4 cm³/mol. The summed E-state index contributed by atoms with van der Waals surface area (Å²) in [4.78, 5) is 40.5. The third-order valence-electron chi connectivity index (χ3n) is 5.83. The van der Waals surface area contributed by atoms with Crippen molar-refractivity contribution >= 4 is 23.6 Å². The Morgan fingerprint density at radius 2 is 1.89 bits per heavy atom. The monoisotopic (exact) mass is 379 g/mol. The zero-order chi connectivity index (χ0) is 19.7. The van der Waals surface area contributed by atoms with Crippen LogP contribution in [-0.4, -0.2) is 68.0 Å². The Bertz CT molecular complexity index is 703. The molecule has 3 heterocycles. The molecule has 148 valence electrons. The van der Waals surface area contributed by atoms with Gasteiger partial charge in [0.05, 0.1) is 0 Å². The van der Waals surface area contributed by atoms with Gasteiger partial charge >= 0.3 is 17.9 Å². The molecule has 9 nitrogen and oxygen atoms in total. The van der Waals surface area contributed by atoms with Crippen LogP contribution in [0.15, 0.2) is 16.8 Å². The van der Waals surface area contributed by atoms with Crippen LogP contribution < -0.4 is 5.73 Å². The molecule has 0 aromatic rings. The standard InChI is InChI=1S/C18H25N3O6/c19-11(16(22)23)6-4-9-8-21-13(2-1-3-14(21)18(26)27)10-5-7-12(17(24)25)20-15(9)10/h8,10-14H,1-7,19H2,(H,22,23)(H,24,25)(H,26,27)/t10-,11-,12-,13-,14-/m0/s1. The maximum absolute atomic E-state index is 11.7. The van der Waals surface area contributed by atoms with E-state index in [4.69, 9.17) is 10.8 Å². The molecule has 0 aliphatic carbocycles. The topological polar surface area (TPSA) is 154 Å². The van der Waals surface area contributed by atoms with Gasteiger partial charge in [-0.2, -0.15) is 0 Å². The molecule has 5 atom stereocenters. The molecular formula is C18H25N3O6. The van der Waals surface area contributed by atoms with Crippen molar-refractivity contribution in [1.29, 1.82) is 0 Å². The molecule has 9 heteroatoms. The average molecular weight is 379 g/mol. The lowest BCUT2D eigenvalue weighted by Crippen LogP contribution is -2.55. The molecule has 0 amide bonds. The minimum Gasteiger partial charge on any atom is -0.480 e. The number of carboxylic acid groups (broad SMARTS) is 3. The van der Waals surface area contributed by atoms with Gasteiger partial charge in [-0.3, -0.25) is 9.79 Å².